The van der Waals surface area contributed by atoms with Gasteiger partial charge in [0.1, 0.15) is 0 Å². The van der Waals surface area contributed by atoms with Gasteiger partial charge in [-0.25, -0.2) is 0 Å². The van der Waals surface area contributed by atoms with E-state index in [1.165, 1.54) is 0 Å². The van der Waals surface area contributed by atoms with Gasteiger partial charge < -0.3 is 5.21 Å². The number of nitrogens with zero attached hydrogens (tertiary/aromatic N) is 1. The normalized spacial score (nSPS) is 4.00. The molecular formula is HCrNNiO3. The van der Waals surface area contributed by atoms with Crippen LogP contribution in [0.5, 0.6) is 0 Å². The zero-order chi connectivity index (χ0) is 3.58. The predicted octanol–water partition coefficient (Wildman–Crippen LogP) is -0.353. The fraction of sp³-hybridized carbons (Fsp3) is 0. The Bertz CT molecular complexity index is 33.8. The van der Waals surface area contributed by atoms with E-state index in [4.69, 9.17) is 15.3 Å². The largest absolute Gasteiger partial charge is 0.328 e. The van der Waals surface area contributed by atoms with Crippen molar-refractivity contribution in [3.8, 4) is 0 Å². The van der Waals surface area contributed by atoms with Crippen LogP contribution in [0.4, 0.5) is 0 Å². The molecule has 6 heteroatoms. The van der Waals surface area contributed by atoms with Crippen LogP contribution in [-0.4, -0.2) is 10.3 Å². The number of hydrogen-bond acceptors (Lipinski definition) is 2. The Balaban J connectivity index is -0.0000000450. The van der Waals surface area contributed by atoms with Crippen LogP contribution in [0.3, 0.4) is 0 Å². The third-order valence-electron chi connectivity index (χ3n) is 0. The van der Waals surface area contributed by atoms with Gasteiger partial charge in [0, 0.05) is 33.9 Å². The molecule has 0 amide bonds. The first-order chi connectivity index (χ1) is 1.73. The van der Waals surface area contributed by atoms with E-state index in [-0.39, 0.29) is 33.9 Å². The van der Waals surface area contributed by atoms with Gasteiger partial charge in [-0.2, -0.15) is 0 Å². The summed E-state index contributed by atoms with van der Waals surface area (Å²) in [6.45, 7) is 0. The summed E-state index contributed by atoms with van der Waals surface area (Å²) in [4.78, 5) is 8.36. The quantitative estimate of drug-likeness (QED) is 0.310. The fourth-order valence-corrected chi connectivity index (χ4v) is 0. The summed E-state index contributed by atoms with van der Waals surface area (Å²) in [6, 6.07) is 0. The SMILES string of the molecule is O=[N+]([O-])O.[Cr].[Ni]. The van der Waals surface area contributed by atoms with Crippen LogP contribution in [0.15, 0.2) is 0 Å². The van der Waals surface area contributed by atoms with Crippen LogP contribution in [0.25, 0.3) is 0 Å². The van der Waals surface area contributed by atoms with Gasteiger partial charge in [0.05, 0.1) is 0 Å². The Kier molecular flexibility index (Phi) is 24.4. The van der Waals surface area contributed by atoms with Crippen molar-refractivity contribution in [2.45, 2.75) is 0 Å². The summed E-state index contributed by atoms with van der Waals surface area (Å²) < 4.78 is 0. The molecule has 0 aromatic heterocycles. The van der Waals surface area contributed by atoms with E-state index < -0.39 is 5.09 Å². The summed E-state index contributed by atoms with van der Waals surface area (Å²) in [6.07, 6.45) is 0. The van der Waals surface area contributed by atoms with E-state index in [0.29, 0.717) is 0 Å². The van der Waals surface area contributed by atoms with Crippen LogP contribution in [-0.2, 0) is 33.9 Å². The second kappa shape index (κ2) is 8.97. The molecule has 0 aliphatic carbocycles. The smallest absolute Gasteiger partial charge is 0.291 e. The maximum Gasteiger partial charge on any atom is 0.291 e. The molecule has 0 heterocycles. The van der Waals surface area contributed by atoms with E-state index in [9.17, 15) is 0 Å². The summed E-state index contributed by atoms with van der Waals surface area (Å²) in [5.41, 5.74) is 0. The topological polar surface area (TPSA) is 63.4 Å². The maximum atomic E-state index is 8.36. The summed E-state index contributed by atoms with van der Waals surface area (Å²) in [5, 5.41) is 13.6. The average molecular weight is 174 g/mol. The molecule has 0 atom stereocenters. The van der Waals surface area contributed by atoms with Crippen LogP contribution in [0, 0.1) is 10.1 Å². The predicted molar refractivity (Wildman–Crippen MR) is 8.78 cm³/mol. The molecule has 0 bridgehead atoms. The summed E-state index contributed by atoms with van der Waals surface area (Å²) in [5.74, 6) is 0. The third kappa shape index (κ3) is 861. The zero-order valence-electron chi connectivity index (χ0n) is 2.44. The van der Waals surface area contributed by atoms with Crippen molar-refractivity contribution in [1.29, 1.82) is 0 Å². The second-order valence-electron chi connectivity index (χ2n) is 0.238. The first kappa shape index (κ1) is 16.3. The molecule has 1 N–H and O–H groups in total. The third-order valence-corrected chi connectivity index (χ3v) is 0. The molecule has 6 heavy (non-hydrogen) atoms. The van der Waals surface area contributed by atoms with E-state index in [0.717, 1.165) is 0 Å². The van der Waals surface area contributed by atoms with Crippen LogP contribution in [0.1, 0.15) is 0 Å². The first-order valence-corrected chi connectivity index (χ1v) is 0.565. The van der Waals surface area contributed by atoms with E-state index in [1.807, 2.05) is 0 Å². The molecule has 0 saturated carbocycles. The van der Waals surface area contributed by atoms with Gasteiger partial charge in [-0.15, -0.1) is 10.1 Å². The molecule has 0 unspecified atom stereocenters. The van der Waals surface area contributed by atoms with Crippen molar-refractivity contribution in [2.24, 2.45) is 0 Å². The van der Waals surface area contributed by atoms with Crippen molar-refractivity contribution in [2.75, 3.05) is 0 Å². The molecule has 0 spiro atoms. The second-order valence-corrected chi connectivity index (χ2v) is 0.238. The van der Waals surface area contributed by atoms with Gasteiger partial charge in [-0.05, 0) is 0 Å². The molecule has 0 saturated heterocycles. The zero-order valence-corrected chi connectivity index (χ0v) is 4.70. The van der Waals surface area contributed by atoms with Crippen molar-refractivity contribution >= 4 is 0 Å². The van der Waals surface area contributed by atoms with Gasteiger partial charge in [-0.3, -0.25) is 0 Å². The summed E-state index contributed by atoms with van der Waals surface area (Å²) in [7, 11) is 0. The Hall–Kier alpha value is 0.226. The average Bonchev–Trinajstić information content (AvgIpc) is 0.811. The van der Waals surface area contributed by atoms with E-state index >= 15 is 0 Å². The minimum atomic E-state index is -1.50. The van der Waals surface area contributed by atoms with E-state index in [2.05, 4.69) is 0 Å². The Morgan fingerprint density at radius 3 is 1.67 bits per heavy atom. The molecule has 0 rings (SSSR count). The van der Waals surface area contributed by atoms with E-state index in [1.54, 1.807) is 0 Å². The number of rotatable bonds is 0. The van der Waals surface area contributed by atoms with Crippen molar-refractivity contribution in [3.05, 3.63) is 10.1 Å². The molecular weight excluding hydrogens is 173 g/mol. The van der Waals surface area contributed by atoms with Crippen LogP contribution in [0.2, 0.25) is 0 Å². The maximum absolute atomic E-state index is 8.36. The molecule has 0 aromatic carbocycles. The molecule has 0 fully saturated rings. The van der Waals surface area contributed by atoms with Crippen molar-refractivity contribution < 1.29 is 44.1 Å². The van der Waals surface area contributed by atoms with Gasteiger partial charge in [-0.1, -0.05) is 0 Å². The minimum Gasteiger partial charge on any atom is -0.328 e. The molecule has 0 radical (unpaired) electrons. The summed E-state index contributed by atoms with van der Waals surface area (Å²) >= 11 is 0. The van der Waals surface area contributed by atoms with Crippen molar-refractivity contribution in [1.82, 2.24) is 0 Å². The Morgan fingerprint density at radius 2 is 1.67 bits per heavy atom. The monoisotopic (exact) mass is 173 g/mol. The molecule has 40 valence electrons. The van der Waals surface area contributed by atoms with Gasteiger partial charge in [0.2, 0.25) is 0 Å². The van der Waals surface area contributed by atoms with Crippen LogP contribution >= 0.6 is 0 Å². The molecule has 0 aliphatic heterocycles. The standard InChI is InChI=1S/Cr.HNO3.Ni/c;2-1(3)4;/h;(H,2,3,4);. The molecule has 0 aromatic rings. The Labute approximate surface area is 54.7 Å². The van der Waals surface area contributed by atoms with Gasteiger partial charge >= 0.3 is 0 Å². The first-order valence-electron chi connectivity index (χ1n) is 0.565. The minimum absolute atomic E-state index is 0. The number of hydrogen-bond donors (Lipinski definition) is 1. The van der Waals surface area contributed by atoms with Crippen molar-refractivity contribution in [3.63, 3.8) is 0 Å². The van der Waals surface area contributed by atoms with Gasteiger partial charge in [0.25, 0.3) is 5.09 Å². The Morgan fingerprint density at radius 1 is 1.67 bits per heavy atom. The fourth-order valence-electron chi connectivity index (χ4n) is 0. The van der Waals surface area contributed by atoms with Gasteiger partial charge in [0.15, 0.2) is 0 Å². The molecule has 0 aliphatic rings. The molecule has 4 nitrogen and oxygen atoms in total. The van der Waals surface area contributed by atoms with Crippen LogP contribution < -0.4 is 0 Å².